The molecule has 0 saturated carbocycles. The highest BCUT2D eigenvalue weighted by molar-refractivity contribution is 5.92. The molecule has 1 heterocycles. The first-order valence-electron chi connectivity index (χ1n) is 8.51. The highest BCUT2D eigenvalue weighted by Crippen LogP contribution is 2.36. The molecule has 2 aromatic carbocycles. The summed E-state index contributed by atoms with van der Waals surface area (Å²) in [5, 5.41) is 0.491. The van der Waals surface area contributed by atoms with E-state index in [1.807, 2.05) is 37.3 Å². The predicted octanol–water partition coefficient (Wildman–Crippen LogP) is 4.10. The van der Waals surface area contributed by atoms with E-state index in [1.54, 1.807) is 18.2 Å². The molecule has 0 aliphatic rings. The van der Waals surface area contributed by atoms with E-state index in [4.69, 9.17) is 13.9 Å². The van der Waals surface area contributed by atoms with Crippen molar-refractivity contribution in [2.75, 3.05) is 7.11 Å². The summed E-state index contributed by atoms with van der Waals surface area (Å²) in [4.78, 5) is 24.8. The van der Waals surface area contributed by atoms with Gasteiger partial charge in [-0.05, 0) is 24.1 Å². The van der Waals surface area contributed by atoms with Crippen molar-refractivity contribution in [2.45, 2.75) is 26.2 Å². The quantitative estimate of drug-likeness (QED) is 0.494. The third-order valence-electron chi connectivity index (χ3n) is 4.05. The summed E-state index contributed by atoms with van der Waals surface area (Å²) in [7, 11) is 1.52. The van der Waals surface area contributed by atoms with Crippen LogP contribution in [0.4, 0.5) is 0 Å². The summed E-state index contributed by atoms with van der Waals surface area (Å²) < 4.78 is 16.5. The summed E-state index contributed by atoms with van der Waals surface area (Å²) in [6, 6.07) is 14.6. The van der Waals surface area contributed by atoms with Gasteiger partial charge in [0.25, 0.3) is 0 Å². The third kappa shape index (κ3) is 3.61. The summed E-state index contributed by atoms with van der Waals surface area (Å²) in [6.45, 7) is 1.89. The molecule has 3 rings (SSSR count). The molecule has 0 N–H and O–H groups in total. The van der Waals surface area contributed by atoms with Gasteiger partial charge in [0.2, 0.25) is 0 Å². The number of esters is 1. The zero-order chi connectivity index (χ0) is 18.5. The lowest BCUT2D eigenvalue weighted by Crippen LogP contribution is -2.16. The van der Waals surface area contributed by atoms with Gasteiger partial charge in [-0.2, -0.15) is 0 Å². The third-order valence-corrected chi connectivity index (χ3v) is 4.05. The molecular weight excluding hydrogens is 332 g/mol. The van der Waals surface area contributed by atoms with Crippen LogP contribution in [0.2, 0.25) is 0 Å². The Morgan fingerprint density at radius 1 is 1.08 bits per heavy atom. The van der Waals surface area contributed by atoms with Crippen molar-refractivity contribution in [1.29, 1.82) is 0 Å². The number of benzene rings is 2. The topological polar surface area (TPSA) is 65.7 Å². The SMILES string of the molecule is CCCC(=O)Oc1c(Cc2ccccc2)c(=O)oc2cccc(OC)c12. The van der Waals surface area contributed by atoms with Crippen molar-refractivity contribution < 1.29 is 18.7 Å². The maximum Gasteiger partial charge on any atom is 0.343 e. The molecule has 0 aliphatic carbocycles. The Hall–Kier alpha value is -3.08. The average Bonchev–Trinajstić information content (AvgIpc) is 2.65. The summed E-state index contributed by atoms with van der Waals surface area (Å²) >= 11 is 0. The van der Waals surface area contributed by atoms with Crippen molar-refractivity contribution in [1.82, 2.24) is 0 Å². The fourth-order valence-electron chi connectivity index (χ4n) is 2.83. The molecule has 0 radical (unpaired) electrons. The van der Waals surface area contributed by atoms with Crippen LogP contribution in [0.3, 0.4) is 0 Å². The standard InChI is InChI=1S/C21H20O5/c1-3-8-18(22)26-20-15(13-14-9-5-4-6-10-14)21(23)25-17-12-7-11-16(24-2)19(17)20/h4-7,9-12H,3,8,13H2,1-2H3. The summed E-state index contributed by atoms with van der Waals surface area (Å²) in [6.07, 6.45) is 1.22. The molecule has 1 aromatic heterocycles. The summed E-state index contributed by atoms with van der Waals surface area (Å²) in [5.41, 5.74) is 1.03. The molecule has 0 amide bonds. The van der Waals surface area contributed by atoms with E-state index < -0.39 is 5.63 Å². The molecule has 0 saturated heterocycles. The molecule has 134 valence electrons. The first-order chi connectivity index (χ1) is 12.6. The van der Waals surface area contributed by atoms with Gasteiger partial charge in [-0.3, -0.25) is 4.79 Å². The van der Waals surface area contributed by atoms with Gasteiger partial charge in [0.1, 0.15) is 16.7 Å². The van der Waals surface area contributed by atoms with Gasteiger partial charge in [0.15, 0.2) is 5.75 Å². The first-order valence-corrected chi connectivity index (χ1v) is 8.51. The van der Waals surface area contributed by atoms with Crippen LogP contribution in [0.25, 0.3) is 11.0 Å². The van der Waals surface area contributed by atoms with Crippen LogP contribution in [0.5, 0.6) is 11.5 Å². The lowest BCUT2D eigenvalue weighted by Gasteiger charge is -2.14. The van der Waals surface area contributed by atoms with Crippen molar-refractivity contribution >= 4 is 16.9 Å². The Labute approximate surface area is 151 Å². The van der Waals surface area contributed by atoms with Crippen molar-refractivity contribution in [3.05, 3.63) is 70.1 Å². The average molecular weight is 352 g/mol. The smallest absolute Gasteiger partial charge is 0.343 e. The number of carbonyl (C=O) groups excluding carboxylic acids is 1. The number of hydrogen-bond donors (Lipinski definition) is 0. The van der Waals surface area contributed by atoms with Crippen LogP contribution in [-0.4, -0.2) is 13.1 Å². The van der Waals surface area contributed by atoms with Crippen LogP contribution in [-0.2, 0) is 11.2 Å². The van der Waals surface area contributed by atoms with Gasteiger partial charge in [-0.1, -0.05) is 43.3 Å². The molecule has 0 spiro atoms. The summed E-state index contributed by atoms with van der Waals surface area (Å²) in [5.74, 6) is 0.315. The normalized spacial score (nSPS) is 10.7. The molecule has 0 unspecified atom stereocenters. The van der Waals surface area contributed by atoms with E-state index >= 15 is 0 Å². The van der Waals surface area contributed by atoms with Crippen molar-refractivity contribution in [2.24, 2.45) is 0 Å². The zero-order valence-electron chi connectivity index (χ0n) is 14.8. The number of hydrogen-bond acceptors (Lipinski definition) is 5. The Balaban J connectivity index is 2.22. The van der Waals surface area contributed by atoms with Crippen LogP contribution in [0.15, 0.2) is 57.7 Å². The van der Waals surface area contributed by atoms with E-state index in [1.165, 1.54) is 7.11 Å². The van der Waals surface area contributed by atoms with E-state index in [9.17, 15) is 9.59 Å². The van der Waals surface area contributed by atoms with Crippen LogP contribution in [0.1, 0.15) is 30.9 Å². The molecule has 0 atom stereocenters. The van der Waals surface area contributed by atoms with E-state index in [2.05, 4.69) is 0 Å². The Morgan fingerprint density at radius 3 is 2.54 bits per heavy atom. The van der Waals surface area contributed by atoms with Crippen LogP contribution in [0, 0.1) is 0 Å². The maximum atomic E-state index is 12.6. The predicted molar refractivity (Wildman–Crippen MR) is 98.8 cm³/mol. The molecule has 5 heteroatoms. The van der Waals surface area contributed by atoms with Crippen molar-refractivity contribution in [3.63, 3.8) is 0 Å². The molecule has 3 aromatic rings. The van der Waals surface area contributed by atoms with Gasteiger partial charge in [0.05, 0.1) is 12.7 Å². The number of ether oxygens (including phenoxy) is 2. The number of carbonyl (C=O) groups is 1. The number of rotatable bonds is 6. The van der Waals surface area contributed by atoms with Gasteiger partial charge in [-0.15, -0.1) is 0 Å². The van der Waals surface area contributed by atoms with Gasteiger partial charge in [-0.25, -0.2) is 4.79 Å². The number of fused-ring (bicyclic) bond motifs is 1. The maximum absolute atomic E-state index is 12.6. The highest BCUT2D eigenvalue weighted by Gasteiger charge is 2.21. The van der Waals surface area contributed by atoms with E-state index in [-0.39, 0.29) is 18.1 Å². The molecule has 0 aliphatic heterocycles. The highest BCUT2D eigenvalue weighted by atomic mass is 16.5. The Kier molecular flexibility index (Phi) is 5.37. The number of methoxy groups -OCH3 is 1. The molecule has 26 heavy (non-hydrogen) atoms. The molecule has 0 bridgehead atoms. The lowest BCUT2D eigenvalue weighted by atomic mass is 10.0. The minimum Gasteiger partial charge on any atom is -0.496 e. The Morgan fingerprint density at radius 2 is 1.85 bits per heavy atom. The second-order valence-corrected chi connectivity index (χ2v) is 5.92. The van der Waals surface area contributed by atoms with Gasteiger partial charge >= 0.3 is 11.6 Å². The largest absolute Gasteiger partial charge is 0.496 e. The second-order valence-electron chi connectivity index (χ2n) is 5.92. The van der Waals surface area contributed by atoms with Gasteiger partial charge in [0, 0.05) is 12.8 Å². The van der Waals surface area contributed by atoms with E-state index in [0.29, 0.717) is 35.1 Å². The molecule has 0 fully saturated rings. The minimum absolute atomic E-state index is 0.219. The lowest BCUT2D eigenvalue weighted by molar-refractivity contribution is -0.134. The zero-order valence-corrected chi connectivity index (χ0v) is 14.8. The minimum atomic E-state index is -0.520. The van der Waals surface area contributed by atoms with E-state index in [0.717, 1.165) is 5.56 Å². The molecule has 5 nitrogen and oxygen atoms in total. The fraction of sp³-hybridized carbons (Fsp3) is 0.238. The fourth-order valence-corrected chi connectivity index (χ4v) is 2.83. The monoisotopic (exact) mass is 352 g/mol. The van der Waals surface area contributed by atoms with Crippen LogP contribution >= 0.6 is 0 Å². The molecular formula is C21H20O5. The van der Waals surface area contributed by atoms with Crippen molar-refractivity contribution in [3.8, 4) is 11.5 Å². The first kappa shape index (κ1) is 17.7. The second kappa shape index (κ2) is 7.87. The van der Waals surface area contributed by atoms with Gasteiger partial charge < -0.3 is 13.9 Å². The Bertz CT molecular complexity index is 973. The van der Waals surface area contributed by atoms with Crippen LogP contribution < -0.4 is 15.1 Å².